The molecule has 0 radical (unpaired) electrons. The number of hydrogen-bond acceptors (Lipinski definition) is 12. The van der Waals surface area contributed by atoms with Gasteiger partial charge in [0.2, 0.25) is 0 Å². The second-order valence-corrected chi connectivity index (χ2v) is 17.2. The van der Waals surface area contributed by atoms with Gasteiger partial charge in [-0.3, -0.25) is 29.0 Å². The molecule has 294 valence electrons. The van der Waals surface area contributed by atoms with Crippen molar-refractivity contribution in [1.29, 1.82) is 0 Å². The van der Waals surface area contributed by atoms with Crippen molar-refractivity contribution in [2.75, 3.05) is 26.2 Å². The van der Waals surface area contributed by atoms with Gasteiger partial charge in [-0.05, 0) is 74.6 Å². The molecule has 56 heavy (non-hydrogen) atoms. The molecule has 8 aliphatic rings. The van der Waals surface area contributed by atoms with Gasteiger partial charge in [0, 0.05) is 75.1 Å². The molecule has 4 aliphatic carbocycles. The van der Waals surface area contributed by atoms with Crippen LogP contribution in [0, 0.1) is 0 Å². The Bertz CT molecular complexity index is 1970. The van der Waals surface area contributed by atoms with Gasteiger partial charge in [-0.15, -0.1) is 13.2 Å². The number of unbranched alkanes of at least 4 members (excludes halogenated alkanes) is 1. The molecule has 2 saturated heterocycles. The van der Waals surface area contributed by atoms with E-state index in [1.54, 1.807) is 12.1 Å². The Morgan fingerprint density at radius 1 is 0.714 bits per heavy atom. The summed E-state index contributed by atoms with van der Waals surface area (Å²) in [5.74, 6) is 0.184. The Balaban J connectivity index is 0.808. The molecular formula is C44H48N2O10. The topological polar surface area (TPSA) is 152 Å². The van der Waals surface area contributed by atoms with Crippen LogP contribution in [0.15, 0.2) is 49.6 Å². The van der Waals surface area contributed by atoms with E-state index in [0.29, 0.717) is 89.0 Å². The van der Waals surface area contributed by atoms with Crippen molar-refractivity contribution in [3.05, 3.63) is 71.8 Å². The van der Waals surface area contributed by atoms with Crippen molar-refractivity contribution in [2.24, 2.45) is 0 Å². The smallest absolute Gasteiger partial charge is 0.311 e. The number of likely N-dealkylation sites (tertiary alicyclic amines) is 2. The third-order valence-corrected chi connectivity index (χ3v) is 14.9. The van der Waals surface area contributed by atoms with E-state index in [4.69, 9.17) is 18.9 Å². The minimum Gasteiger partial charge on any atom is -0.477 e. The molecule has 2 aromatic carbocycles. The maximum Gasteiger partial charge on any atom is 0.311 e. The molecule has 4 bridgehead atoms. The number of carbonyl (C=O) groups is 4. The number of aliphatic hydroxyl groups is 2. The Labute approximate surface area is 325 Å². The Morgan fingerprint density at radius 3 is 1.55 bits per heavy atom. The fourth-order valence-corrected chi connectivity index (χ4v) is 12.6. The first-order chi connectivity index (χ1) is 27.0. The van der Waals surface area contributed by atoms with Crippen molar-refractivity contribution in [1.82, 2.24) is 9.80 Å². The van der Waals surface area contributed by atoms with Crippen LogP contribution in [0.4, 0.5) is 0 Å². The van der Waals surface area contributed by atoms with E-state index in [1.165, 1.54) is 0 Å². The number of hydrogen-bond donors (Lipinski definition) is 2. The summed E-state index contributed by atoms with van der Waals surface area (Å²) in [6.07, 6.45) is 6.31. The second kappa shape index (κ2) is 12.6. The zero-order chi connectivity index (χ0) is 38.8. The van der Waals surface area contributed by atoms with Crippen LogP contribution in [0.25, 0.3) is 0 Å². The van der Waals surface area contributed by atoms with Gasteiger partial charge >= 0.3 is 11.9 Å². The van der Waals surface area contributed by atoms with Crippen LogP contribution in [0.2, 0.25) is 0 Å². The molecule has 12 heteroatoms. The Kier molecular flexibility index (Phi) is 8.08. The van der Waals surface area contributed by atoms with Crippen LogP contribution in [-0.2, 0) is 42.8 Å². The van der Waals surface area contributed by atoms with E-state index in [9.17, 15) is 29.4 Å². The lowest BCUT2D eigenvalue weighted by Gasteiger charge is -2.62. The highest BCUT2D eigenvalue weighted by atomic mass is 16.6. The molecule has 2 spiro atoms. The molecule has 10 rings (SSSR count). The normalized spacial score (nSPS) is 35.5. The summed E-state index contributed by atoms with van der Waals surface area (Å²) < 4.78 is 24.5. The van der Waals surface area contributed by atoms with Gasteiger partial charge in [-0.1, -0.05) is 24.3 Å². The van der Waals surface area contributed by atoms with E-state index < -0.39 is 46.2 Å². The maximum atomic E-state index is 13.3. The van der Waals surface area contributed by atoms with Crippen molar-refractivity contribution in [2.45, 2.75) is 123 Å². The van der Waals surface area contributed by atoms with Crippen molar-refractivity contribution in [3.8, 4) is 23.0 Å². The molecule has 0 unspecified atom stereocenters. The maximum absolute atomic E-state index is 13.3. The molecule has 12 nitrogen and oxygen atoms in total. The number of rotatable bonds is 11. The number of nitrogens with zero attached hydrogens (tertiary/aromatic N) is 2. The first-order valence-electron chi connectivity index (χ1n) is 20.3. The monoisotopic (exact) mass is 764 g/mol. The van der Waals surface area contributed by atoms with Gasteiger partial charge in [0.25, 0.3) is 0 Å². The molecule has 0 amide bonds. The second-order valence-electron chi connectivity index (χ2n) is 17.2. The number of benzene rings is 2. The Hall–Kier alpha value is -4.36. The van der Waals surface area contributed by atoms with E-state index in [-0.39, 0.29) is 60.8 Å². The van der Waals surface area contributed by atoms with Crippen LogP contribution in [0.1, 0.15) is 86.5 Å². The molecule has 8 atom stereocenters. The lowest BCUT2D eigenvalue weighted by Crippen LogP contribution is -2.76. The molecule has 2 saturated carbocycles. The summed E-state index contributed by atoms with van der Waals surface area (Å²) in [7, 11) is 0. The average Bonchev–Trinajstić information content (AvgIpc) is 3.72. The van der Waals surface area contributed by atoms with E-state index in [1.807, 2.05) is 24.3 Å². The number of piperidine rings is 2. The zero-order valence-corrected chi connectivity index (χ0v) is 31.6. The summed E-state index contributed by atoms with van der Waals surface area (Å²) in [5, 5.41) is 24.8. The van der Waals surface area contributed by atoms with Gasteiger partial charge in [-0.25, -0.2) is 0 Å². The van der Waals surface area contributed by atoms with Crippen molar-refractivity contribution < 1.29 is 48.3 Å². The van der Waals surface area contributed by atoms with Gasteiger partial charge < -0.3 is 29.2 Å². The third-order valence-electron chi connectivity index (χ3n) is 14.9. The van der Waals surface area contributed by atoms with Crippen LogP contribution in [-0.4, -0.2) is 105 Å². The van der Waals surface area contributed by atoms with Gasteiger partial charge in [0.1, 0.15) is 0 Å². The molecule has 2 aromatic rings. The standard InChI is InChI=1S/C44H48N2O10/c1-3-19-45-21-17-41-35-25-9-11-29(37(35)55-39(41)27(47)13-15-43(41,51)31(45)23-25)53-33(49)7-5-6-8-34(50)54-30-12-10-26-24-32-44(52)16-14-28(48)40-42(44,36(26)38(30)56-40)18-22-46(32)20-4-2/h3-4,9-12,31-32,39-40,51-52H,1-2,5-8,13-24H2/t31-,32-,39+,40+,41+,42+,43-,44-/m1/s1. The average molecular weight is 765 g/mol. The Morgan fingerprint density at radius 2 is 1.14 bits per heavy atom. The van der Waals surface area contributed by atoms with E-state index >= 15 is 0 Å². The largest absolute Gasteiger partial charge is 0.477 e. The number of Topliss-reactive ketones (excluding diaryl/α,β-unsaturated/α-hetero) is 2. The zero-order valence-electron chi connectivity index (χ0n) is 31.6. The van der Waals surface area contributed by atoms with Gasteiger partial charge in [-0.2, -0.15) is 0 Å². The highest BCUT2D eigenvalue weighted by Crippen LogP contribution is 2.66. The first kappa shape index (κ1) is 36.0. The lowest BCUT2D eigenvalue weighted by atomic mass is 9.49. The van der Waals surface area contributed by atoms with Crippen molar-refractivity contribution in [3.63, 3.8) is 0 Å². The summed E-state index contributed by atoms with van der Waals surface area (Å²) in [6, 6.07) is 6.95. The van der Waals surface area contributed by atoms with Crippen LogP contribution < -0.4 is 18.9 Å². The summed E-state index contributed by atoms with van der Waals surface area (Å²) in [4.78, 5) is 57.6. The number of ketones is 2. The first-order valence-corrected chi connectivity index (χ1v) is 20.3. The molecular weight excluding hydrogens is 716 g/mol. The van der Waals surface area contributed by atoms with Crippen molar-refractivity contribution >= 4 is 23.5 Å². The third kappa shape index (κ3) is 4.55. The molecule has 2 N–H and O–H groups in total. The highest BCUT2D eigenvalue weighted by Gasteiger charge is 2.74. The van der Waals surface area contributed by atoms with E-state index in [0.717, 1.165) is 22.3 Å². The SMILES string of the molecule is C=CCN1CC[C@]23c4c5ccc(OC(=O)CCCCC(=O)Oc6ccc7c8c6O[C@H]6C(=O)CC[C@@]9(O)[C@@H](C7)N(CC=C)CC[C@]869)c4O[C@H]2C(=O)CC[C@@]3(O)[C@H]1C5. The summed E-state index contributed by atoms with van der Waals surface area (Å²) >= 11 is 0. The van der Waals surface area contributed by atoms with Gasteiger partial charge in [0.15, 0.2) is 46.8 Å². The molecule has 4 fully saturated rings. The fraction of sp³-hybridized carbons (Fsp3) is 0.545. The van der Waals surface area contributed by atoms with Crippen LogP contribution in [0.5, 0.6) is 23.0 Å². The predicted molar refractivity (Wildman–Crippen MR) is 201 cm³/mol. The molecule has 0 aromatic heterocycles. The number of esters is 2. The quantitative estimate of drug-likeness (QED) is 0.149. The number of carbonyl (C=O) groups excluding carboxylic acids is 4. The predicted octanol–water partition coefficient (Wildman–Crippen LogP) is 3.58. The summed E-state index contributed by atoms with van der Waals surface area (Å²) in [5.41, 5.74) is -0.478. The minimum absolute atomic E-state index is 0.0410. The number of ether oxygens (including phenoxy) is 4. The highest BCUT2D eigenvalue weighted by molar-refractivity contribution is 5.91. The lowest BCUT2D eigenvalue weighted by molar-refractivity contribution is -0.187. The fourth-order valence-electron chi connectivity index (χ4n) is 12.6. The minimum atomic E-state index is -1.16. The van der Waals surface area contributed by atoms with E-state index in [2.05, 4.69) is 23.0 Å². The molecule has 4 aliphatic heterocycles. The summed E-state index contributed by atoms with van der Waals surface area (Å²) in [6.45, 7) is 10.5. The van der Waals surface area contributed by atoms with Crippen LogP contribution in [0.3, 0.4) is 0 Å². The van der Waals surface area contributed by atoms with Gasteiger partial charge in [0.05, 0.1) is 22.0 Å². The molecule has 4 heterocycles. The van der Waals surface area contributed by atoms with Crippen LogP contribution >= 0.6 is 0 Å².